The number of pyridine rings is 1. The first-order valence-electron chi connectivity index (χ1n) is 5.54. The summed E-state index contributed by atoms with van der Waals surface area (Å²) in [5.41, 5.74) is 0. The van der Waals surface area contributed by atoms with E-state index >= 15 is 0 Å². The molecule has 0 saturated carbocycles. The Labute approximate surface area is 121 Å². The lowest BCUT2D eigenvalue weighted by atomic mass is 10.3. The topological polar surface area (TPSA) is 51.2 Å². The van der Waals surface area contributed by atoms with E-state index in [1.54, 1.807) is 12.1 Å². The highest BCUT2D eigenvalue weighted by molar-refractivity contribution is 9.10. The summed E-state index contributed by atoms with van der Waals surface area (Å²) in [7, 11) is 0. The summed E-state index contributed by atoms with van der Waals surface area (Å²) in [5, 5.41) is 2.48. The number of ether oxygens (including phenoxy) is 1. The Morgan fingerprint density at radius 1 is 1.30 bits per heavy atom. The van der Waals surface area contributed by atoms with Gasteiger partial charge in [0.15, 0.2) is 18.2 Å². The Hall–Kier alpha value is -2.02. The van der Waals surface area contributed by atoms with Gasteiger partial charge in [-0.15, -0.1) is 0 Å². The minimum atomic E-state index is -0.862. The predicted molar refractivity (Wildman–Crippen MR) is 72.4 cm³/mol. The number of amides is 1. The van der Waals surface area contributed by atoms with Crippen LogP contribution < -0.4 is 10.1 Å². The Morgan fingerprint density at radius 2 is 2.10 bits per heavy atom. The lowest BCUT2D eigenvalue weighted by Crippen LogP contribution is -2.21. The zero-order valence-electron chi connectivity index (χ0n) is 10.1. The molecule has 0 aliphatic heterocycles. The predicted octanol–water partition coefficient (Wildman–Crippen LogP) is 3.14. The summed E-state index contributed by atoms with van der Waals surface area (Å²) in [6, 6.07) is 6.16. The third-order valence-electron chi connectivity index (χ3n) is 2.25. The molecule has 0 unspecified atom stereocenters. The molecule has 2 aromatic rings. The van der Waals surface area contributed by atoms with Crippen molar-refractivity contribution in [3.05, 3.63) is 52.6 Å². The number of benzene rings is 1. The molecule has 104 valence electrons. The van der Waals surface area contributed by atoms with Gasteiger partial charge < -0.3 is 10.1 Å². The molecule has 1 amide bonds. The highest BCUT2D eigenvalue weighted by Gasteiger charge is 2.08. The molecule has 20 heavy (non-hydrogen) atoms. The molecule has 0 bridgehead atoms. The number of carbonyl (C=O) groups is 1. The molecule has 1 aromatic carbocycles. The molecule has 1 aromatic heterocycles. The lowest BCUT2D eigenvalue weighted by molar-refractivity contribution is -0.118. The second-order valence-electron chi connectivity index (χ2n) is 3.77. The van der Waals surface area contributed by atoms with Crippen LogP contribution in [0.25, 0.3) is 0 Å². The van der Waals surface area contributed by atoms with Crippen LogP contribution in [-0.2, 0) is 4.79 Å². The van der Waals surface area contributed by atoms with E-state index < -0.39 is 24.1 Å². The van der Waals surface area contributed by atoms with Crippen molar-refractivity contribution < 1.29 is 18.3 Å². The van der Waals surface area contributed by atoms with E-state index in [1.165, 1.54) is 6.20 Å². The molecule has 1 N–H and O–H groups in total. The van der Waals surface area contributed by atoms with E-state index in [0.29, 0.717) is 11.9 Å². The molecular formula is C13H9BrF2N2O2. The summed E-state index contributed by atoms with van der Waals surface area (Å²) in [6.45, 7) is -0.402. The monoisotopic (exact) mass is 342 g/mol. The summed E-state index contributed by atoms with van der Waals surface area (Å²) in [4.78, 5) is 15.5. The van der Waals surface area contributed by atoms with Gasteiger partial charge in [0.2, 0.25) is 0 Å². The van der Waals surface area contributed by atoms with Gasteiger partial charge in [-0.3, -0.25) is 4.79 Å². The number of carbonyl (C=O) groups excluding carboxylic acids is 1. The summed E-state index contributed by atoms with van der Waals surface area (Å²) in [5.74, 6) is -1.91. The fourth-order valence-corrected chi connectivity index (χ4v) is 1.60. The lowest BCUT2D eigenvalue weighted by Gasteiger charge is -2.07. The van der Waals surface area contributed by atoms with Crippen LogP contribution in [0.4, 0.5) is 14.6 Å². The summed E-state index contributed by atoms with van der Waals surface area (Å²) in [6.07, 6.45) is 1.52. The molecule has 0 aliphatic rings. The average Bonchev–Trinajstić information content (AvgIpc) is 2.40. The van der Waals surface area contributed by atoms with E-state index in [0.717, 1.165) is 16.6 Å². The highest BCUT2D eigenvalue weighted by atomic mass is 79.9. The van der Waals surface area contributed by atoms with Gasteiger partial charge in [-0.05, 0) is 40.2 Å². The zero-order chi connectivity index (χ0) is 14.5. The minimum absolute atomic E-state index is 0.190. The van der Waals surface area contributed by atoms with E-state index in [1.807, 2.05) is 0 Å². The minimum Gasteiger partial charge on any atom is -0.481 e. The van der Waals surface area contributed by atoms with Gasteiger partial charge in [-0.2, -0.15) is 0 Å². The standard InChI is InChI=1S/C13H9BrF2N2O2/c14-8-1-4-12(17-6-8)18-13(19)7-20-11-3-2-9(15)5-10(11)16/h1-6H,7H2,(H,17,18,19). The van der Waals surface area contributed by atoms with Gasteiger partial charge >= 0.3 is 0 Å². The fourth-order valence-electron chi connectivity index (χ4n) is 1.36. The summed E-state index contributed by atoms with van der Waals surface area (Å²) < 4.78 is 31.7. The van der Waals surface area contributed by atoms with Gasteiger partial charge in [-0.25, -0.2) is 13.8 Å². The quantitative estimate of drug-likeness (QED) is 0.928. The first kappa shape index (κ1) is 14.4. The van der Waals surface area contributed by atoms with Crippen molar-refractivity contribution in [2.45, 2.75) is 0 Å². The van der Waals surface area contributed by atoms with E-state index in [-0.39, 0.29) is 5.75 Å². The fraction of sp³-hybridized carbons (Fsp3) is 0.0769. The van der Waals surface area contributed by atoms with Crippen molar-refractivity contribution in [2.75, 3.05) is 11.9 Å². The molecule has 0 saturated heterocycles. The van der Waals surface area contributed by atoms with Crippen LogP contribution in [0.3, 0.4) is 0 Å². The third kappa shape index (κ3) is 3.99. The van der Waals surface area contributed by atoms with Crippen molar-refractivity contribution in [1.82, 2.24) is 4.98 Å². The van der Waals surface area contributed by atoms with Crippen molar-refractivity contribution in [3.63, 3.8) is 0 Å². The number of hydrogen-bond acceptors (Lipinski definition) is 3. The largest absolute Gasteiger partial charge is 0.481 e. The molecule has 1 heterocycles. The van der Waals surface area contributed by atoms with Crippen LogP contribution in [0.2, 0.25) is 0 Å². The highest BCUT2D eigenvalue weighted by Crippen LogP contribution is 2.17. The normalized spacial score (nSPS) is 10.2. The first-order chi connectivity index (χ1) is 9.54. The Bertz CT molecular complexity index is 620. The molecule has 4 nitrogen and oxygen atoms in total. The maximum atomic E-state index is 13.3. The smallest absolute Gasteiger partial charge is 0.263 e. The third-order valence-corrected chi connectivity index (χ3v) is 2.72. The number of hydrogen-bond donors (Lipinski definition) is 1. The van der Waals surface area contributed by atoms with Crippen molar-refractivity contribution in [1.29, 1.82) is 0 Å². The number of rotatable bonds is 4. The molecule has 2 rings (SSSR count). The Kier molecular flexibility index (Phi) is 4.62. The summed E-state index contributed by atoms with van der Waals surface area (Å²) >= 11 is 3.21. The Balaban J connectivity index is 1.90. The maximum Gasteiger partial charge on any atom is 0.263 e. The van der Waals surface area contributed by atoms with Crippen molar-refractivity contribution in [2.24, 2.45) is 0 Å². The Morgan fingerprint density at radius 3 is 2.75 bits per heavy atom. The average molecular weight is 343 g/mol. The van der Waals surface area contributed by atoms with Crippen LogP contribution in [0, 0.1) is 11.6 Å². The molecule has 0 atom stereocenters. The number of aromatic nitrogens is 1. The SMILES string of the molecule is O=C(COc1ccc(F)cc1F)Nc1ccc(Br)cn1. The zero-order valence-corrected chi connectivity index (χ0v) is 11.7. The second kappa shape index (κ2) is 6.42. The van der Waals surface area contributed by atoms with Crippen LogP contribution >= 0.6 is 15.9 Å². The second-order valence-corrected chi connectivity index (χ2v) is 4.69. The maximum absolute atomic E-state index is 13.3. The van der Waals surface area contributed by atoms with Gasteiger partial charge in [0, 0.05) is 16.7 Å². The first-order valence-corrected chi connectivity index (χ1v) is 6.33. The number of anilines is 1. The van der Waals surface area contributed by atoms with E-state index in [9.17, 15) is 13.6 Å². The molecule has 0 spiro atoms. The van der Waals surface area contributed by atoms with Crippen molar-refractivity contribution in [3.8, 4) is 5.75 Å². The van der Waals surface area contributed by atoms with E-state index in [4.69, 9.17) is 4.74 Å². The van der Waals surface area contributed by atoms with Crippen molar-refractivity contribution >= 4 is 27.7 Å². The number of nitrogens with zero attached hydrogens (tertiary/aromatic N) is 1. The molecular weight excluding hydrogens is 334 g/mol. The number of halogens is 3. The van der Waals surface area contributed by atoms with Crippen LogP contribution in [0.1, 0.15) is 0 Å². The molecule has 0 aliphatic carbocycles. The van der Waals surface area contributed by atoms with Crippen LogP contribution in [0.5, 0.6) is 5.75 Å². The van der Waals surface area contributed by atoms with Gasteiger partial charge in [0.1, 0.15) is 11.6 Å². The van der Waals surface area contributed by atoms with Crippen LogP contribution in [0.15, 0.2) is 41.0 Å². The number of nitrogens with one attached hydrogen (secondary N) is 1. The molecule has 0 fully saturated rings. The van der Waals surface area contributed by atoms with Gasteiger partial charge in [-0.1, -0.05) is 0 Å². The van der Waals surface area contributed by atoms with Crippen LogP contribution in [-0.4, -0.2) is 17.5 Å². The van der Waals surface area contributed by atoms with E-state index in [2.05, 4.69) is 26.2 Å². The molecule has 0 radical (unpaired) electrons. The van der Waals surface area contributed by atoms with Gasteiger partial charge in [0.25, 0.3) is 5.91 Å². The molecule has 7 heteroatoms. The van der Waals surface area contributed by atoms with Gasteiger partial charge in [0.05, 0.1) is 0 Å².